The highest BCUT2D eigenvalue weighted by atomic mass is 16.5. The van der Waals surface area contributed by atoms with Crippen LogP contribution in [0.3, 0.4) is 0 Å². The van der Waals surface area contributed by atoms with Crippen LogP contribution in [0.15, 0.2) is 0 Å². The summed E-state index contributed by atoms with van der Waals surface area (Å²) in [6, 6.07) is 0. The van der Waals surface area contributed by atoms with Crippen LogP contribution in [0.1, 0.15) is 84.0 Å². The second kappa shape index (κ2) is 14.4. The van der Waals surface area contributed by atoms with Gasteiger partial charge in [0.1, 0.15) is 0 Å². The number of carbonyl (C=O) groups excluding carboxylic acids is 1. The quantitative estimate of drug-likeness (QED) is 0.381. The summed E-state index contributed by atoms with van der Waals surface area (Å²) in [4.78, 5) is 21.7. The maximum atomic E-state index is 11.4. The minimum atomic E-state index is -0.724. The van der Waals surface area contributed by atoms with Crippen molar-refractivity contribution in [3.63, 3.8) is 0 Å². The minimum Gasteiger partial charge on any atom is -0.481 e. The number of ether oxygens (including phenoxy) is 1. The Morgan fingerprint density at radius 3 is 2.00 bits per heavy atom. The van der Waals surface area contributed by atoms with Gasteiger partial charge in [-0.1, -0.05) is 51.9 Å². The number of hydrogen-bond donors (Lipinski definition) is 1. The fourth-order valence-corrected chi connectivity index (χ4v) is 2.04. The van der Waals surface area contributed by atoms with Gasteiger partial charge in [-0.2, -0.15) is 0 Å². The van der Waals surface area contributed by atoms with Crippen molar-refractivity contribution in [1.82, 2.24) is 0 Å². The number of carboxylic acids is 1. The second-order valence-electron chi connectivity index (χ2n) is 5.30. The number of carbonyl (C=O) groups is 2. The van der Waals surface area contributed by atoms with Gasteiger partial charge in [-0.15, -0.1) is 0 Å². The molecule has 0 saturated heterocycles. The van der Waals surface area contributed by atoms with Gasteiger partial charge in [0.2, 0.25) is 0 Å². The molecule has 0 amide bonds. The van der Waals surface area contributed by atoms with E-state index < -0.39 is 5.97 Å². The van der Waals surface area contributed by atoms with E-state index in [1.54, 1.807) is 0 Å². The highest BCUT2D eigenvalue weighted by Crippen LogP contribution is 2.07. The Morgan fingerprint density at radius 2 is 1.35 bits per heavy atom. The molecule has 1 N–H and O–H groups in total. The van der Waals surface area contributed by atoms with Crippen LogP contribution in [0.5, 0.6) is 0 Å². The first-order valence-corrected chi connectivity index (χ1v) is 8.04. The Hall–Kier alpha value is -1.06. The summed E-state index contributed by atoms with van der Waals surface area (Å²) in [5.41, 5.74) is 0. The van der Waals surface area contributed by atoms with Gasteiger partial charge < -0.3 is 9.84 Å². The predicted molar refractivity (Wildman–Crippen MR) is 79.7 cm³/mol. The number of unbranched alkanes of at least 4 members (excludes halogenated alkanes) is 8. The zero-order valence-electron chi connectivity index (χ0n) is 12.9. The molecule has 0 bridgehead atoms. The van der Waals surface area contributed by atoms with Crippen LogP contribution in [0.2, 0.25) is 0 Å². The predicted octanol–water partition coefficient (Wildman–Crippen LogP) is 4.32. The largest absolute Gasteiger partial charge is 0.481 e. The molecule has 0 aromatic heterocycles. The second-order valence-corrected chi connectivity index (χ2v) is 5.30. The molecule has 0 atom stereocenters. The Morgan fingerprint density at radius 1 is 0.800 bits per heavy atom. The van der Waals surface area contributed by atoms with Crippen LogP contribution >= 0.6 is 0 Å². The zero-order chi connectivity index (χ0) is 15.1. The summed E-state index contributed by atoms with van der Waals surface area (Å²) in [6.45, 7) is 2.68. The van der Waals surface area contributed by atoms with Crippen molar-refractivity contribution >= 4 is 11.9 Å². The molecule has 0 aromatic rings. The van der Waals surface area contributed by atoms with Crippen LogP contribution in [-0.4, -0.2) is 23.7 Å². The van der Waals surface area contributed by atoms with Crippen LogP contribution in [0.25, 0.3) is 0 Å². The molecule has 0 rings (SSSR count). The highest BCUT2D eigenvalue weighted by molar-refractivity contribution is 5.69. The summed E-state index contributed by atoms with van der Waals surface area (Å²) in [5.74, 6) is -0.801. The Balaban J connectivity index is 3.17. The number of carboxylic acid groups (broad SMARTS) is 1. The smallest absolute Gasteiger partial charge is 0.305 e. The van der Waals surface area contributed by atoms with Crippen LogP contribution in [0.4, 0.5) is 0 Å². The van der Waals surface area contributed by atoms with Gasteiger partial charge in [0.05, 0.1) is 6.61 Å². The van der Waals surface area contributed by atoms with Crippen molar-refractivity contribution in [2.24, 2.45) is 0 Å². The highest BCUT2D eigenvalue weighted by Gasteiger charge is 2.02. The number of aliphatic carboxylic acids is 1. The van der Waals surface area contributed by atoms with Gasteiger partial charge in [-0.3, -0.25) is 9.59 Å². The fraction of sp³-hybridized carbons (Fsp3) is 0.875. The third kappa shape index (κ3) is 15.0. The lowest BCUT2D eigenvalue weighted by Gasteiger charge is -2.05. The van der Waals surface area contributed by atoms with E-state index in [0.29, 0.717) is 13.0 Å². The van der Waals surface area contributed by atoms with E-state index in [1.165, 1.54) is 19.3 Å². The SMILES string of the molecule is CCCCCCCC(=O)OCCCCCCCC(=O)O. The molecule has 0 unspecified atom stereocenters. The number of hydrogen-bond acceptors (Lipinski definition) is 3. The molecular formula is C16H30O4. The van der Waals surface area contributed by atoms with Gasteiger partial charge in [-0.05, 0) is 19.3 Å². The van der Waals surface area contributed by atoms with E-state index in [1.807, 2.05) is 0 Å². The molecule has 118 valence electrons. The number of esters is 1. The molecule has 0 aromatic carbocycles. The first-order valence-electron chi connectivity index (χ1n) is 8.04. The van der Waals surface area contributed by atoms with Crippen LogP contribution < -0.4 is 0 Å². The topological polar surface area (TPSA) is 63.6 Å². The average Bonchev–Trinajstić information content (AvgIpc) is 2.41. The average molecular weight is 286 g/mol. The third-order valence-electron chi connectivity index (χ3n) is 3.28. The summed E-state index contributed by atoms with van der Waals surface area (Å²) in [7, 11) is 0. The minimum absolute atomic E-state index is 0.0765. The fourth-order valence-electron chi connectivity index (χ4n) is 2.04. The molecule has 0 saturated carbocycles. The molecule has 20 heavy (non-hydrogen) atoms. The lowest BCUT2D eigenvalue weighted by molar-refractivity contribution is -0.144. The Kier molecular flexibility index (Phi) is 13.6. The third-order valence-corrected chi connectivity index (χ3v) is 3.28. The van der Waals surface area contributed by atoms with Gasteiger partial charge in [0.25, 0.3) is 0 Å². The van der Waals surface area contributed by atoms with Crippen molar-refractivity contribution in [3.05, 3.63) is 0 Å². The van der Waals surface area contributed by atoms with E-state index in [0.717, 1.165) is 44.9 Å². The normalized spacial score (nSPS) is 10.4. The molecule has 4 heteroatoms. The van der Waals surface area contributed by atoms with Gasteiger partial charge >= 0.3 is 11.9 Å². The molecule has 0 aliphatic carbocycles. The van der Waals surface area contributed by atoms with Crippen molar-refractivity contribution in [2.75, 3.05) is 6.61 Å². The van der Waals surface area contributed by atoms with Gasteiger partial charge in [0, 0.05) is 12.8 Å². The van der Waals surface area contributed by atoms with Crippen molar-refractivity contribution in [3.8, 4) is 0 Å². The summed E-state index contributed by atoms with van der Waals surface area (Å²) in [6.07, 6.45) is 11.1. The van der Waals surface area contributed by atoms with Crippen molar-refractivity contribution < 1.29 is 19.4 Å². The molecule has 0 aliphatic heterocycles. The van der Waals surface area contributed by atoms with Crippen LogP contribution in [0, 0.1) is 0 Å². The maximum Gasteiger partial charge on any atom is 0.305 e. The van der Waals surface area contributed by atoms with Crippen molar-refractivity contribution in [2.45, 2.75) is 84.0 Å². The summed E-state index contributed by atoms with van der Waals surface area (Å²) in [5, 5.41) is 8.48. The Bertz CT molecular complexity index is 251. The molecule has 4 nitrogen and oxygen atoms in total. The first-order chi connectivity index (χ1) is 9.66. The van der Waals surface area contributed by atoms with Crippen molar-refractivity contribution in [1.29, 1.82) is 0 Å². The van der Waals surface area contributed by atoms with Gasteiger partial charge in [-0.25, -0.2) is 0 Å². The van der Waals surface area contributed by atoms with E-state index in [2.05, 4.69) is 6.92 Å². The van der Waals surface area contributed by atoms with E-state index >= 15 is 0 Å². The maximum absolute atomic E-state index is 11.4. The molecule has 0 heterocycles. The lowest BCUT2D eigenvalue weighted by atomic mass is 10.1. The summed E-state index contributed by atoms with van der Waals surface area (Å²) < 4.78 is 5.16. The van der Waals surface area contributed by atoms with E-state index in [9.17, 15) is 9.59 Å². The van der Waals surface area contributed by atoms with E-state index in [-0.39, 0.29) is 12.4 Å². The number of rotatable bonds is 14. The lowest BCUT2D eigenvalue weighted by Crippen LogP contribution is -2.05. The summed E-state index contributed by atoms with van der Waals surface area (Å²) >= 11 is 0. The van der Waals surface area contributed by atoms with E-state index in [4.69, 9.17) is 9.84 Å². The monoisotopic (exact) mass is 286 g/mol. The Labute approximate surface area is 122 Å². The molecular weight excluding hydrogens is 256 g/mol. The van der Waals surface area contributed by atoms with Crippen LogP contribution in [-0.2, 0) is 14.3 Å². The standard InChI is InChI=1S/C16H30O4/c1-2-3-4-6-10-13-16(19)20-14-11-8-5-7-9-12-15(17)18/h2-14H2,1H3,(H,17,18). The molecule has 0 aliphatic rings. The first kappa shape index (κ1) is 18.9. The molecule has 0 fully saturated rings. The molecule has 0 radical (unpaired) electrons. The molecule has 0 spiro atoms. The zero-order valence-corrected chi connectivity index (χ0v) is 12.9. The van der Waals surface area contributed by atoms with Gasteiger partial charge in [0.15, 0.2) is 0 Å².